The van der Waals surface area contributed by atoms with Crippen LogP contribution in [0.2, 0.25) is 5.02 Å². The molecule has 1 heterocycles. The van der Waals surface area contributed by atoms with Gasteiger partial charge in [0.25, 0.3) is 0 Å². The molecule has 3 aromatic carbocycles. The minimum absolute atomic E-state index is 0.0448. The maximum absolute atomic E-state index is 14.5. The molecule has 4 aromatic rings. The van der Waals surface area contributed by atoms with Crippen LogP contribution in [0, 0.1) is 11.6 Å². The van der Waals surface area contributed by atoms with Crippen molar-refractivity contribution in [3.63, 3.8) is 0 Å². The van der Waals surface area contributed by atoms with E-state index in [9.17, 15) is 17.2 Å². The van der Waals surface area contributed by atoms with E-state index >= 15 is 0 Å². The lowest BCUT2D eigenvalue weighted by atomic mass is 10.1. The summed E-state index contributed by atoms with van der Waals surface area (Å²) in [5.41, 5.74) is 1.70. The van der Waals surface area contributed by atoms with Crippen molar-refractivity contribution in [3.05, 3.63) is 83.4 Å². The van der Waals surface area contributed by atoms with Gasteiger partial charge in [-0.2, -0.15) is 0 Å². The molecule has 4 rings (SSSR count). The number of hydrogen-bond acceptors (Lipinski definition) is 4. The number of sulfonamides is 1. The molecule has 0 saturated heterocycles. The maximum Gasteiger partial charge on any atom is 0.238 e. The lowest BCUT2D eigenvalue weighted by Crippen LogP contribution is -2.11. The van der Waals surface area contributed by atoms with Crippen molar-refractivity contribution in [2.75, 3.05) is 0 Å². The first-order valence-electron chi connectivity index (χ1n) is 8.58. The number of hydrogen-bond donors (Lipinski definition) is 1. The fourth-order valence-electron chi connectivity index (χ4n) is 2.93. The Morgan fingerprint density at radius 1 is 0.933 bits per heavy atom. The van der Waals surface area contributed by atoms with Crippen molar-refractivity contribution in [2.24, 2.45) is 5.14 Å². The predicted octanol–water partition coefficient (Wildman–Crippen LogP) is 5.72. The minimum Gasteiger partial charge on any atom is -0.235 e. The zero-order valence-corrected chi connectivity index (χ0v) is 17.5. The van der Waals surface area contributed by atoms with E-state index in [1.54, 1.807) is 36.4 Å². The lowest BCUT2D eigenvalue weighted by molar-refractivity contribution is 0.585. The molecule has 2 N–H and O–H groups in total. The fraction of sp³-hybridized carbons (Fsp3) is 0. The molecule has 0 atom stereocenters. The largest absolute Gasteiger partial charge is 0.238 e. The Morgan fingerprint density at radius 2 is 1.63 bits per heavy atom. The normalized spacial score (nSPS) is 11.6. The third-order valence-corrected chi connectivity index (χ3v) is 6.76. The van der Waals surface area contributed by atoms with E-state index in [4.69, 9.17) is 16.7 Å². The highest BCUT2D eigenvalue weighted by Gasteiger charge is 2.20. The van der Waals surface area contributed by atoms with E-state index in [1.165, 1.54) is 29.5 Å². The van der Waals surface area contributed by atoms with E-state index in [-0.39, 0.29) is 10.5 Å². The summed E-state index contributed by atoms with van der Waals surface area (Å²) >= 11 is 7.56. The molecule has 0 fully saturated rings. The van der Waals surface area contributed by atoms with Crippen LogP contribution in [0.25, 0.3) is 32.3 Å². The zero-order valence-electron chi connectivity index (χ0n) is 15.1. The Bertz CT molecular complexity index is 1350. The topological polar surface area (TPSA) is 73.1 Å². The summed E-state index contributed by atoms with van der Waals surface area (Å²) in [7, 11) is -3.85. The van der Waals surface area contributed by atoms with Crippen LogP contribution in [0.3, 0.4) is 0 Å². The van der Waals surface area contributed by atoms with Crippen LogP contribution in [0.1, 0.15) is 0 Å². The number of thiazole rings is 1. The highest BCUT2D eigenvalue weighted by molar-refractivity contribution is 7.89. The Hall–Kier alpha value is -2.65. The molecule has 9 heteroatoms. The van der Waals surface area contributed by atoms with Crippen LogP contribution in [0.4, 0.5) is 8.78 Å². The van der Waals surface area contributed by atoms with Gasteiger partial charge in [0.05, 0.1) is 20.5 Å². The Balaban J connectivity index is 1.93. The van der Waals surface area contributed by atoms with Gasteiger partial charge in [-0.15, -0.1) is 11.3 Å². The smallest absolute Gasteiger partial charge is 0.235 e. The van der Waals surface area contributed by atoms with Gasteiger partial charge in [0.15, 0.2) is 0 Å². The van der Waals surface area contributed by atoms with E-state index in [0.29, 0.717) is 31.7 Å². The molecule has 0 saturated carbocycles. The third kappa shape index (κ3) is 3.99. The quantitative estimate of drug-likeness (QED) is 0.421. The second-order valence-electron chi connectivity index (χ2n) is 6.37. The molecule has 0 spiro atoms. The summed E-state index contributed by atoms with van der Waals surface area (Å²) in [6, 6.07) is 16.2. The first-order chi connectivity index (χ1) is 14.2. The summed E-state index contributed by atoms with van der Waals surface area (Å²) < 4.78 is 51.0. The standard InChI is InChI=1S/C21H13ClF2N2O2S2/c22-17-4-2-1-3-15(17)21-26-19(16-10-7-13(23)11-18(16)24)20(29-21)12-5-8-14(9-6-12)30(25,27)28/h1-11H,(H2,25,27,28). The molecule has 0 amide bonds. The summed E-state index contributed by atoms with van der Waals surface area (Å²) in [4.78, 5) is 5.11. The Morgan fingerprint density at radius 3 is 2.27 bits per heavy atom. The van der Waals surface area contributed by atoms with E-state index < -0.39 is 21.7 Å². The number of halogens is 3. The zero-order chi connectivity index (χ0) is 21.5. The highest BCUT2D eigenvalue weighted by Crippen LogP contribution is 2.43. The highest BCUT2D eigenvalue weighted by atomic mass is 35.5. The van der Waals surface area contributed by atoms with Crippen molar-refractivity contribution >= 4 is 33.0 Å². The van der Waals surface area contributed by atoms with Crippen LogP contribution in [0.5, 0.6) is 0 Å². The molecule has 0 aliphatic rings. The van der Waals surface area contributed by atoms with Crippen molar-refractivity contribution in [3.8, 4) is 32.3 Å². The average Bonchev–Trinajstić information content (AvgIpc) is 3.12. The summed E-state index contributed by atoms with van der Waals surface area (Å²) in [5.74, 6) is -1.45. The summed E-state index contributed by atoms with van der Waals surface area (Å²) in [6.07, 6.45) is 0. The second-order valence-corrected chi connectivity index (χ2v) is 9.34. The van der Waals surface area contributed by atoms with Gasteiger partial charge >= 0.3 is 0 Å². The van der Waals surface area contributed by atoms with Gasteiger partial charge in [-0.05, 0) is 35.9 Å². The molecule has 1 aromatic heterocycles. The van der Waals surface area contributed by atoms with Crippen molar-refractivity contribution < 1.29 is 17.2 Å². The van der Waals surface area contributed by atoms with Crippen LogP contribution in [0.15, 0.2) is 71.6 Å². The molecule has 152 valence electrons. The van der Waals surface area contributed by atoms with Crippen LogP contribution in [-0.4, -0.2) is 13.4 Å². The Kier molecular flexibility index (Phi) is 5.42. The third-order valence-electron chi connectivity index (χ3n) is 4.36. The maximum atomic E-state index is 14.5. The van der Waals surface area contributed by atoms with Crippen LogP contribution >= 0.6 is 22.9 Å². The lowest BCUT2D eigenvalue weighted by Gasteiger charge is -2.05. The van der Waals surface area contributed by atoms with Gasteiger partial charge in [-0.3, -0.25) is 0 Å². The average molecular weight is 463 g/mol. The van der Waals surface area contributed by atoms with Crippen molar-refractivity contribution in [2.45, 2.75) is 4.90 Å². The van der Waals surface area contributed by atoms with E-state index in [0.717, 1.165) is 12.1 Å². The van der Waals surface area contributed by atoms with Gasteiger partial charge in [0.2, 0.25) is 10.0 Å². The van der Waals surface area contributed by atoms with Gasteiger partial charge in [-0.25, -0.2) is 27.3 Å². The molecule has 0 aliphatic heterocycles. The van der Waals surface area contributed by atoms with Gasteiger partial charge in [-0.1, -0.05) is 41.9 Å². The molecule has 4 nitrogen and oxygen atoms in total. The van der Waals surface area contributed by atoms with Gasteiger partial charge < -0.3 is 0 Å². The van der Waals surface area contributed by atoms with E-state index in [2.05, 4.69) is 4.98 Å². The first-order valence-corrected chi connectivity index (χ1v) is 11.3. The van der Waals surface area contributed by atoms with Crippen LogP contribution in [-0.2, 0) is 10.0 Å². The molecule has 0 aliphatic carbocycles. The Labute approximate surface area is 180 Å². The number of rotatable bonds is 4. The number of benzene rings is 3. The molecule has 0 unspecified atom stereocenters. The molecule has 0 bridgehead atoms. The summed E-state index contributed by atoms with van der Waals surface area (Å²) in [5, 5.41) is 6.19. The predicted molar refractivity (Wildman–Crippen MR) is 115 cm³/mol. The monoisotopic (exact) mass is 462 g/mol. The van der Waals surface area contributed by atoms with Gasteiger partial charge in [0.1, 0.15) is 16.6 Å². The summed E-state index contributed by atoms with van der Waals surface area (Å²) in [6.45, 7) is 0. The minimum atomic E-state index is -3.85. The molecular weight excluding hydrogens is 450 g/mol. The fourth-order valence-corrected chi connectivity index (χ4v) is 4.85. The molecule has 30 heavy (non-hydrogen) atoms. The SMILES string of the molecule is NS(=O)(=O)c1ccc(-c2sc(-c3ccccc3Cl)nc2-c2ccc(F)cc2F)cc1. The second kappa shape index (κ2) is 7.88. The van der Waals surface area contributed by atoms with E-state index in [1.807, 2.05) is 0 Å². The number of primary sulfonamides is 1. The number of nitrogens with zero attached hydrogens (tertiary/aromatic N) is 1. The molecular formula is C21H13ClF2N2O2S2. The molecule has 0 radical (unpaired) electrons. The van der Waals surface area contributed by atoms with Crippen molar-refractivity contribution in [1.29, 1.82) is 0 Å². The first kappa shape index (κ1) is 20.6. The van der Waals surface area contributed by atoms with Gasteiger partial charge in [0, 0.05) is 17.2 Å². The van der Waals surface area contributed by atoms with Crippen LogP contribution < -0.4 is 5.14 Å². The van der Waals surface area contributed by atoms with Crippen molar-refractivity contribution in [1.82, 2.24) is 4.98 Å². The number of nitrogens with two attached hydrogens (primary N) is 1. The number of aromatic nitrogens is 1.